The molecule has 0 bridgehead atoms. The maximum absolute atomic E-state index is 5.84. The van der Waals surface area contributed by atoms with Gasteiger partial charge in [0.1, 0.15) is 5.75 Å². The van der Waals surface area contributed by atoms with Crippen molar-refractivity contribution in [3.05, 3.63) is 48.2 Å². The zero-order valence-corrected chi connectivity index (χ0v) is 11.3. The Bertz CT molecular complexity index is 562. The molecule has 1 aromatic heterocycles. The largest absolute Gasteiger partial charge is 0.438 e. The third-order valence-electron chi connectivity index (χ3n) is 3.28. The van der Waals surface area contributed by atoms with E-state index < -0.39 is 0 Å². The van der Waals surface area contributed by atoms with Crippen LogP contribution in [0.25, 0.3) is 0 Å². The normalized spacial score (nSPS) is 22.4. The Balaban J connectivity index is 1.79. The van der Waals surface area contributed by atoms with Gasteiger partial charge in [-0.1, -0.05) is 12.1 Å². The van der Waals surface area contributed by atoms with Gasteiger partial charge >= 0.3 is 0 Å². The summed E-state index contributed by atoms with van der Waals surface area (Å²) < 4.78 is 11.5. The summed E-state index contributed by atoms with van der Waals surface area (Å²) in [5.74, 6) is 1.23. The molecular weight excluding hydrogens is 254 g/mol. The lowest BCUT2D eigenvalue weighted by atomic mass is 10.0. The summed E-state index contributed by atoms with van der Waals surface area (Å²) in [5, 5.41) is 11.1. The topological polar surface area (TPSA) is 56.3 Å². The standard InChI is InChI=1S/C15H17N3O2/c1-11-15(19-9-8-16-11)12-4-2-5-13(10-12)20-14-6-3-7-17-18-14/h2-7,10-11,15-16H,8-9H2,1H3. The van der Waals surface area contributed by atoms with Gasteiger partial charge in [0, 0.05) is 24.8 Å². The molecule has 3 rings (SSSR count). The lowest BCUT2D eigenvalue weighted by Crippen LogP contribution is -2.41. The number of ether oxygens (including phenoxy) is 2. The molecule has 1 aliphatic rings. The van der Waals surface area contributed by atoms with Crippen molar-refractivity contribution < 1.29 is 9.47 Å². The van der Waals surface area contributed by atoms with Crippen molar-refractivity contribution in [2.75, 3.05) is 13.2 Å². The van der Waals surface area contributed by atoms with Gasteiger partial charge in [-0.15, -0.1) is 5.10 Å². The molecular formula is C15H17N3O2. The molecule has 5 heteroatoms. The van der Waals surface area contributed by atoms with E-state index >= 15 is 0 Å². The molecule has 0 amide bonds. The van der Waals surface area contributed by atoms with Crippen LogP contribution in [0.15, 0.2) is 42.6 Å². The van der Waals surface area contributed by atoms with Crippen LogP contribution in [0, 0.1) is 0 Å². The third-order valence-corrected chi connectivity index (χ3v) is 3.28. The highest BCUT2D eigenvalue weighted by atomic mass is 16.5. The van der Waals surface area contributed by atoms with Crippen molar-refractivity contribution in [1.82, 2.24) is 15.5 Å². The summed E-state index contributed by atoms with van der Waals surface area (Å²) in [7, 11) is 0. The first-order chi connectivity index (χ1) is 9.83. The van der Waals surface area contributed by atoms with Crippen molar-refractivity contribution in [2.24, 2.45) is 0 Å². The fourth-order valence-corrected chi connectivity index (χ4v) is 2.33. The average molecular weight is 271 g/mol. The average Bonchev–Trinajstić information content (AvgIpc) is 2.49. The predicted octanol–water partition coefficient (Wildman–Crippen LogP) is 2.32. The Morgan fingerprint density at radius 2 is 2.25 bits per heavy atom. The Labute approximate surface area is 117 Å². The van der Waals surface area contributed by atoms with Gasteiger partial charge in [0.25, 0.3) is 0 Å². The van der Waals surface area contributed by atoms with E-state index in [0.717, 1.165) is 24.5 Å². The van der Waals surface area contributed by atoms with Crippen molar-refractivity contribution in [1.29, 1.82) is 0 Å². The van der Waals surface area contributed by atoms with Crippen molar-refractivity contribution in [3.63, 3.8) is 0 Å². The molecule has 1 fully saturated rings. The van der Waals surface area contributed by atoms with Crippen LogP contribution < -0.4 is 10.1 Å². The number of benzene rings is 1. The van der Waals surface area contributed by atoms with Crippen LogP contribution in [-0.2, 0) is 4.74 Å². The molecule has 5 nitrogen and oxygen atoms in total. The molecule has 0 spiro atoms. The Morgan fingerprint density at radius 3 is 3.05 bits per heavy atom. The van der Waals surface area contributed by atoms with Gasteiger partial charge in [-0.05, 0) is 30.7 Å². The van der Waals surface area contributed by atoms with E-state index in [9.17, 15) is 0 Å². The van der Waals surface area contributed by atoms with Crippen LogP contribution in [0.1, 0.15) is 18.6 Å². The minimum absolute atomic E-state index is 0.0501. The third kappa shape index (κ3) is 2.95. The summed E-state index contributed by atoms with van der Waals surface area (Å²) >= 11 is 0. The molecule has 1 aromatic carbocycles. The molecule has 0 aliphatic carbocycles. The van der Waals surface area contributed by atoms with Crippen LogP contribution >= 0.6 is 0 Å². The van der Waals surface area contributed by atoms with E-state index in [1.54, 1.807) is 18.3 Å². The molecule has 0 saturated carbocycles. The molecule has 2 unspecified atom stereocenters. The number of hydrogen-bond donors (Lipinski definition) is 1. The van der Waals surface area contributed by atoms with Crippen molar-refractivity contribution >= 4 is 0 Å². The van der Waals surface area contributed by atoms with Crippen molar-refractivity contribution in [3.8, 4) is 11.6 Å². The number of hydrogen-bond acceptors (Lipinski definition) is 5. The summed E-state index contributed by atoms with van der Waals surface area (Å²) in [6.45, 7) is 3.75. The molecule has 104 valence electrons. The van der Waals surface area contributed by atoms with Crippen LogP contribution in [-0.4, -0.2) is 29.4 Å². The molecule has 1 N–H and O–H groups in total. The number of morpholine rings is 1. The van der Waals surface area contributed by atoms with E-state index in [1.807, 2.05) is 18.2 Å². The highest BCUT2D eigenvalue weighted by Gasteiger charge is 2.23. The van der Waals surface area contributed by atoms with E-state index in [1.165, 1.54) is 0 Å². The zero-order valence-electron chi connectivity index (χ0n) is 11.3. The zero-order chi connectivity index (χ0) is 13.8. The van der Waals surface area contributed by atoms with Gasteiger partial charge in [-0.25, -0.2) is 0 Å². The number of aromatic nitrogens is 2. The predicted molar refractivity (Wildman–Crippen MR) is 74.7 cm³/mol. The molecule has 2 heterocycles. The fraction of sp³-hybridized carbons (Fsp3) is 0.333. The maximum atomic E-state index is 5.84. The van der Waals surface area contributed by atoms with E-state index in [4.69, 9.17) is 9.47 Å². The highest BCUT2D eigenvalue weighted by molar-refractivity contribution is 5.33. The minimum atomic E-state index is 0.0501. The summed E-state index contributed by atoms with van der Waals surface area (Å²) in [6.07, 6.45) is 1.67. The lowest BCUT2D eigenvalue weighted by Gasteiger charge is -2.30. The molecule has 1 saturated heterocycles. The van der Waals surface area contributed by atoms with Crippen LogP contribution in [0.3, 0.4) is 0 Å². The van der Waals surface area contributed by atoms with Crippen molar-refractivity contribution in [2.45, 2.75) is 19.1 Å². The first-order valence-electron chi connectivity index (χ1n) is 6.73. The van der Waals surface area contributed by atoms with Gasteiger partial charge < -0.3 is 14.8 Å². The minimum Gasteiger partial charge on any atom is -0.438 e. The van der Waals surface area contributed by atoms with E-state index in [2.05, 4.69) is 28.5 Å². The van der Waals surface area contributed by atoms with Gasteiger partial charge in [-0.2, -0.15) is 5.10 Å². The van der Waals surface area contributed by atoms with Crippen LogP contribution in [0.5, 0.6) is 11.6 Å². The smallest absolute Gasteiger partial charge is 0.238 e. The molecule has 0 radical (unpaired) electrons. The van der Waals surface area contributed by atoms with E-state index in [0.29, 0.717) is 5.88 Å². The summed E-state index contributed by atoms with van der Waals surface area (Å²) in [4.78, 5) is 0. The van der Waals surface area contributed by atoms with Crippen LogP contribution in [0.2, 0.25) is 0 Å². The van der Waals surface area contributed by atoms with Gasteiger partial charge in [0.15, 0.2) is 0 Å². The Morgan fingerprint density at radius 1 is 1.30 bits per heavy atom. The van der Waals surface area contributed by atoms with Gasteiger partial charge in [-0.3, -0.25) is 0 Å². The number of nitrogens with one attached hydrogen (secondary N) is 1. The van der Waals surface area contributed by atoms with Gasteiger partial charge in [0.2, 0.25) is 5.88 Å². The Hall–Kier alpha value is -1.98. The summed E-state index contributed by atoms with van der Waals surface area (Å²) in [6, 6.07) is 11.8. The molecule has 2 atom stereocenters. The van der Waals surface area contributed by atoms with E-state index in [-0.39, 0.29) is 12.1 Å². The molecule has 1 aliphatic heterocycles. The van der Waals surface area contributed by atoms with Crippen LogP contribution in [0.4, 0.5) is 0 Å². The summed E-state index contributed by atoms with van der Waals surface area (Å²) in [5.41, 5.74) is 1.10. The monoisotopic (exact) mass is 271 g/mol. The Kier molecular flexibility index (Phi) is 3.90. The second-order valence-electron chi connectivity index (χ2n) is 4.77. The molecule has 20 heavy (non-hydrogen) atoms. The second-order valence-corrected chi connectivity index (χ2v) is 4.77. The quantitative estimate of drug-likeness (QED) is 0.928. The molecule has 2 aromatic rings. The fourth-order valence-electron chi connectivity index (χ4n) is 2.33. The lowest BCUT2D eigenvalue weighted by molar-refractivity contribution is -0.000309. The highest BCUT2D eigenvalue weighted by Crippen LogP contribution is 2.28. The maximum Gasteiger partial charge on any atom is 0.238 e. The number of nitrogens with zero attached hydrogens (tertiary/aromatic N) is 2. The number of rotatable bonds is 3. The van der Waals surface area contributed by atoms with Gasteiger partial charge in [0.05, 0.1) is 12.7 Å². The second kappa shape index (κ2) is 5.98. The SMILES string of the molecule is CC1NCCOC1c1cccc(Oc2cccnn2)c1. The first kappa shape index (κ1) is 13.0. The first-order valence-corrected chi connectivity index (χ1v) is 6.73.